The van der Waals surface area contributed by atoms with Crippen molar-refractivity contribution in [3.63, 3.8) is 0 Å². The van der Waals surface area contributed by atoms with Crippen LogP contribution in [0.25, 0.3) is 0 Å². The van der Waals surface area contributed by atoms with E-state index in [0.717, 1.165) is 26.6 Å². The molecule has 0 aliphatic carbocycles. The molecule has 1 amide bonds. The van der Waals surface area contributed by atoms with E-state index in [1.807, 2.05) is 49.4 Å². The lowest BCUT2D eigenvalue weighted by atomic mass is 10.1. The van der Waals surface area contributed by atoms with Crippen molar-refractivity contribution in [3.05, 3.63) is 63.6 Å². The predicted molar refractivity (Wildman–Crippen MR) is 85.9 cm³/mol. The maximum Gasteiger partial charge on any atom is 0.255 e. The Balaban J connectivity index is 2.13. The SMILES string of the molecule is Cc1ccc(NC(=O)c2ccc(CBr)cc2)cc1Br. The molecule has 98 valence electrons. The van der Waals surface area contributed by atoms with Crippen molar-refractivity contribution in [1.82, 2.24) is 0 Å². The summed E-state index contributed by atoms with van der Waals surface area (Å²) in [6.45, 7) is 2.01. The molecule has 2 aromatic rings. The van der Waals surface area contributed by atoms with Crippen molar-refractivity contribution >= 4 is 43.5 Å². The van der Waals surface area contributed by atoms with Crippen LogP contribution in [0.15, 0.2) is 46.9 Å². The van der Waals surface area contributed by atoms with Crippen LogP contribution in [-0.4, -0.2) is 5.91 Å². The van der Waals surface area contributed by atoms with Gasteiger partial charge in [-0.05, 0) is 42.3 Å². The van der Waals surface area contributed by atoms with Crippen LogP contribution in [0.1, 0.15) is 21.5 Å². The molecule has 0 spiro atoms. The Morgan fingerprint density at radius 2 is 1.84 bits per heavy atom. The number of amides is 1. The van der Waals surface area contributed by atoms with Crippen LogP contribution in [0.3, 0.4) is 0 Å². The zero-order chi connectivity index (χ0) is 13.8. The van der Waals surface area contributed by atoms with Gasteiger partial charge in [0.1, 0.15) is 0 Å². The van der Waals surface area contributed by atoms with Crippen LogP contribution in [0.2, 0.25) is 0 Å². The zero-order valence-corrected chi connectivity index (χ0v) is 13.6. The first-order chi connectivity index (χ1) is 9.10. The molecule has 2 aromatic carbocycles. The van der Waals surface area contributed by atoms with Gasteiger partial charge in [-0.25, -0.2) is 0 Å². The minimum atomic E-state index is -0.100. The molecule has 0 aliphatic heterocycles. The number of anilines is 1. The van der Waals surface area contributed by atoms with Gasteiger partial charge in [0, 0.05) is 21.1 Å². The molecular formula is C15H13Br2NO. The monoisotopic (exact) mass is 381 g/mol. The van der Waals surface area contributed by atoms with Gasteiger partial charge in [0.05, 0.1) is 0 Å². The van der Waals surface area contributed by atoms with Gasteiger partial charge < -0.3 is 5.32 Å². The number of carbonyl (C=O) groups is 1. The molecule has 1 N–H and O–H groups in total. The third kappa shape index (κ3) is 3.67. The molecule has 0 aromatic heterocycles. The highest BCUT2D eigenvalue weighted by Crippen LogP contribution is 2.21. The molecule has 0 saturated carbocycles. The maximum atomic E-state index is 12.1. The highest BCUT2D eigenvalue weighted by Gasteiger charge is 2.06. The molecular weight excluding hydrogens is 370 g/mol. The van der Waals surface area contributed by atoms with Gasteiger partial charge in [0.15, 0.2) is 0 Å². The molecule has 4 heteroatoms. The number of hydrogen-bond donors (Lipinski definition) is 1. The highest BCUT2D eigenvalue weighted by molar-refractivity contribution is 9.10. The molecule has 0 fully saturated rings. The van der Waals surface area contributed by atoms with Gasteiger partial charge in [-0.3, -0.25) is 4.79 Å². The van der Waals surface area contributed by atoms with Crippen LogP contribution < -0.4 is 5.32 Å². The minimum absolute atomic E-state index is 0.100. The van der Waals surface area contributed by atoms with Crippen LogP contribution >= 0.6 is 31.9 Å². The highest BCUT2D eigenvalue weighted by atomic mass is 79.9. The summed E-state index contributed by atoms with van der Waals surface area (Å²) in [5.41, 5.74) is 3.72. The molecule has 0 unspecified atom stereocenters. The Morgan fingerprint density at radius 3 is 2.42 bits per heavy atom. The second-order valence-corrected chi connectivity index (χ2v) is 5.66. The summed E-state index contributed by atoms with van der Waals surface area (Å²) < 4.78 is 0.986. The topological polar surface area (TPSA) is 29.1 Å². The number of alkyl halides is 1. The van der Waals surface area contributed by atoms with E-state index in [2.05, 4.69) is 37.2 Å². The second-order valence-electron chi connectivity index (χ2n) is 4.25. The van der Waals surface area contributed by atoms with Gasteiger partial charge in [-0.15, -0.1) is 0 Å². The first-order valence-electron chi connectivity index (χ1n) is 5.82. The van der Waals surface area contributed by atoms with E-state index in [4.69, 9.17) is 0 Å². The molecule has 0 aliphatic rings. The quantitative estimate of drug-likeness (QED) is 0.751. The lowest BCUT2D eigenvalue weighted by molar-refractivity contribution is 0.102. The van der Waals surface area contributed by atoms with E-state index in [0.29, 0.717) is 5.56 Å². The van der Waals surface area contributed by atoms with E-state index >= 15 is 0 Å². The number of nitrogens with one attached hydrogen (secondary N) is 1. The molecule has 0 bridgehead atoms. The summed E-state index contributed by atoms with van der Waals surface area (Å²) in [6, 6.07) is 13.3. The first-order valence-corrected chi connectivity index (χ1v) is 7.74. The van der Waals surface area contributed by atoms with Crippen molar-refractivity contribution in [2.24, 2.45) is 0 Å². The Labute approximate surface area is 129 Å². The van der Waals surface area contributed by atoms with Gasteiger partial charge in [-0.2, -0.15) is 0 Å². The third-order valence-corrected chi connectivity index (χ3v) is 4.30. The smallest absolute Gasteiger partial charge is 0.255 e. The predicted octanol–water partition coefficient (Wildman–Crippen LogP) is 4.90. The summed E-state index contributed by atoms with van der Waals surface area (Å²) in [6.07, 6.45) is 0. The van der Waals surface area contributed by atoms with E-state index in [-0.39, 0.29) is 5.91 Å². The van der Waals surface area contributed by atoms with Crippen molar-refractivity contribution < 1.29 is 4.79 Å². The van der Waals surface area contributed by atoms with Crippen LogP contribution in [0.5, 0.6) is 0 Å². The number of halogens is 2. The second kappa shape index (κ2) is 6.35. The molecule has 0 heterocycles. The average Bonchev–Trinajstić information content (AvgIpc) is 2.43. The van der Waals surface area contributed by atoms with Gasteiger partial charge in [0.2, 0.25) is 0 Å². The third-order valence-electron chi connectivity index (χ3n) is 2.80. The molecule has 0 radical (unpaired) electrons. The fraction of sp³-hybridized carbons (Fsp3) is 0.133. The fourth-order valence-corrected chi connectivity index (χ4v) is 2.37. The van der Waals surface area contributed by atoms with Gasteiger partial charge in [0.25, 0.3) is 5.91 Å². The van der Waals surface area contributed by atoms with E-state index < -0.39 is 0 Å². The lowest BCUT2D eigenvalue weighted by Crippen LogP contribution is -2.11. The Hall–Kier alpha value is -1.13. The Kier molecular flexibility index (Phi) is 4.77. The standard InChI is InChI=1S/C15H13Br2NO/c1-10-2-7-13(8-14(10)17)18-15(19)12-5-3-11(9-16)4-6-12/h2-8H,9H2,1H3,(H,18,19). The molecule has 0 saturated heterocycles. The summed E-state index contributed by atoms with van der Waals surface area (Å²) in [5.74, 6) is -0.100. The summed E-state index contributed by atoms with van der Waals surface area (Å²) in [7, 11) is 0. The van der Waals surface area contributed by atoms with Crippen molar-refractivity contribution in [1.29, 1.82) is 0 Å². The van der Waals surface area contributed by atoms with Crippen molar-refractivity contribution in [3.8, 4) is 0 Å². The summed E-state index contributed by atoms with van der Waals surface area (Å²) in [4.78, 5) is 12.1. The molecule has 19 heavy (non-hydrogen) atoms. The lowest BCUT2D eigenvalue weighted by Gasteiger charge is -2.07. The molecule has 2 rings (SSSR count). The number of hydrogen-bond acceptors (Lipinski definition) is 1. The largest absolute Gasteiger partial charge is 0.322 e. The zero-order valence-electron chi connectivity index (χ0n) is 10.4. The van der Waals surface area contributed by atoms with Crippen LogP contribution in [0, 0.1) is 6.92 Å². The number of aryl methyl sites for hydroxylation is 1. The fourth-order valence-electron chi connectivity index (χ4n) is 1.62. The van der Waals surface area contributed by atoms with E-state index in [1.54, 1.807) is 0 Å². The van der Waals surface area contributed by atoms with E-state index in [1.165, 1.54) is 0 Å². The van der Waals surface area contributed by atoms with Gasteiger partial charge in [-0.1, -0.05) is 50.1 Å². The minimum Gasteiger partial charge on any atom is -0.322 e. The van der Waals surface area contributed by atoms with Crippen molar-refractivity contribution in [2.75, 3.05) is 5.32 Å². The van der Waals surface area contributed by atoms with Crippen molar-refractivity contribution in [2.45, 2.75) is 12.3 Å². The number of benzene rings is 2. The van der Waals surface area contributed by atoms with Crippen LogP contribution in [0.4, 0.5) is 5.69 Å². The number of rotatable bonds is 3. The maximum absolute atomic E-state index is 12.1. The molecule has 2 nitrogen and oxygen atoms in total. The summed E-state index contributed by atoms with van der Waals surface area (Å²) >= 11 is 6.84. The molecule has 0 atom stereocenters. The van der Waals surface area contributed by atoms with E-state index in [9.17, 15) is 4.79 Å². The summed E-state index contributed by atoms with van der Waals surface area (Å²) in [5, 5.41) is 3.67. The normalized spacial score (nSPS) is 10.3. The van der Waals surface area contributed by atoms with Crippen LogP contribution in [-0.2, 0) is 5.33 Å². The number of carbonyl (C=O) groups excluding carboxylic acids is 1. The Morgan fingerprint density at radius 1 is 1.16 bits per heavy atom. The average molecular weight is 383 g/mol. The van der Waals surface area contributed by atoms with Gasteiger partial charge >= 0.3 is 0 Å². The first kappa shape index (κ1) is 14.3. The Bertz CT molecular complexity index is 594.